The van der Waals surface area contributed by atoms with Gasteiger partial charge in [-0.25, -0.2) is 14.1 Å². The molecule has 0 radical (unpaired) electrons. The first-order valence-corrected chi connectivity index (χ1v) is 6.32. The molecule has 17 heavy (non-hydrogen) atoms. The quantitative estimate of drug-likeness (QED) is 0.684. The minimum absolute atomic E-state index is 0.457. The molecule has 1 aromatic carbocycles. The van der Waals surface area contributed by atoms with Crippen molar-refractivity contribution in [2.45, 2.75) is 0 Å². The molecule has 86 valence electrons. The molecule has 0 atom stereocenters. The first-order valence-electron chi connectivity index (χ1n) is 4.81. The molecule has 0 aliphatic carbocycles. The van der Waals surface area contributed by atoms with E-state index in [2.05, 4.69) is 9.97 Å². The normalized spacial score (nSPS) is 12.3. The van der Waals surface area contributed by atoms with Gasteiger partial charge in [0.1, 0.15) is 11.8 Å². The second kappa shape index (κ2) is 3.25. The van der Waals surface area contributed by atoms with Crippen molar-refractivity contribution in [1.29, 1.82) is 0 Å². The molecule has 0 saturated heterocycles. The van der Waals surface area contributed by atoms with Gasteiger partial charge >= 0.3 is 10.2 Å². The minimum atomic E-state index is -3.85. The number of hydrogen-bond acceptors (Lipinski definition) is 4. The zero-order chi connectivity index (χ0) is 12.0. The molecule has 0 aliphatic heterocycles. The van der Waals surface area contributed by atoms with Crippen molar-refractivity contribution in [2.24, 2.45) is 5.14 Å². The Balaban J connectivity index is 2.60. The van der Waals surface area contributed by atoms with Crippen LogP contribution in [0.1, 0.15) is 0 Å². The number of fused-ring (bicyclic) bond motifs is 3. The SMILES string of the molecule is NS(=O)(=O)n1cnc2cnc3ccccc3c21. The summed E-state index contributed by atoms with van der Waals surface area (Å²) in [5.41, 5.74) is 1.65. The number of nitrogens with zero attached hydrogens (tertiary/aromatic N) is 3. The molecule has 0 fully saturated rings. The highest BCUT2D eigenvalue weighted by atomic mass is 32.2. The summed E-state index contributed by atoms with van der Waals surface area (Å²) in [4.78, 5) is 8.17. The molecule has 0 unspecified atom stereocenters. The third-order valence-corrected chi connectivity index (χ3v) is 3.35. The average Bonchev–Trinajstić information content (AvgIpc) is 2.72. The summed E-state index contributed by atoms with van der Waals surface area (Å²) in [6.07, 6.45) is 2.72. The predicted octanol–water partition coefficient (Wildman–Crippen LogP) is 0.636. The molecular weight excluding hydrogens is 240 g/mol. The molecule has 3 rings (SSSR count). The molecular formula is C10H8N4O2S. The van der Waals surface area contributed by atoms with Gasteiger partial charge in [-0.1, -0.05) is 18.2 Å². The minimum Gasteiger partial charge on any atom is -0.254 e. The predicted molar refractivity (Wildman–Crippen MR) is 63.5 cm³/mol. The van der Waals surface area contributed by atoms with E-state index in [1.807, 2.05) is 12.1 Å². The van der Waals surface area contributed by atoms with Crippen molar-refractivity contribution >= 4 is 32.1 Å². The van der Waals surface area contributed by atoms with Crippen LogP contribution in [0.15, 0.2) is 36.8 Å². The largest absolute Gasteiger partial charge is 0.304 e. The van der Waals surface area contributed by atoms with Crippen LogP contribution in [0.3, 0.4) is 0 Å². The lowest BCUT2D eigenvalue weighted by atomic mass is 10.2. The second-order valence-corrected chi connectivity index (χ2v) is 5.02. The number of pyridine rings is 1. The highest BCUT2D eigenvalue weighted by molar-refractivity contribution is 7.87. The number of nitrogens with two attached hydrogens (primary N) is 1. The maximum Gasteiger partial charge on any atom is 0.304 e. The van der Waals surface area contributed by atoms with E-state index in [9.17, 15) is 8.42 Å². The molecule has 0 aliphatic rings. The number of aromatic nitrogens is 3. The summed E-state index contributed by atoms with van der Waals surface area (Å²) in [5, 5.41) is 5.84. The van der Waals surface area contributed by atoms with Crippen LogP contribution in [0.5, 0.6) is 0 Å². The van der Waals surface area contributed by atoms with Crippen LogP contribution in [0.25, 0.3) is 21.9 Å². The van der Waals surface area contributed by atoms with Crippen LogP contribution >= 0.6 is 0 Å². The van der Waals surface area contributed by atoms with E-state index in [0.717, 1.165) is 3.97 Å². The van der Waals surface area contributed by atoms with Crippen LogP contribution in [0.4, 0.5) is 0 Å². The van der Waals surface area contributed by atoms with Gasteiger partial charge in [0.05, 0.1) is 17.2 Å². The molecule has 6 nitrogen and oxygen atoms in total. The Morgan fingerprint density at radius 2 is 1.88 bits per heavy atom. The molecule has 0 bridgehead atoms. The summed E-state index contributed by atoms with van der Waals surface area (Å²) in [6.45, 7) is 0. The van der Waals surface area contributed by atoms with Gasteiger partial charge in [0, 0.05) is 5.39 Å². The Labute approximate surface area is 96.9 Å². The molecule has 7 heteroatoms. The third kappa shape index (κ3) is 1.48. The Morgan fingerprint density at radius 3 is 2.65 bits per heavy atom. The highest BCUT2D eigenvalue weighted by Gasteiger charge is 2.14. The van der Waals surface area contributed by atoms with E-state index in [0.29, 0.717) is 21.9 Å². The zero-order valence-electron chi connectivity index (χ0n) is 8.61. The smallest absolute Gasteiger partial charge is 0.254 e. The van der Waals surface area contributed by atoms with Crippen LogP contribution in [-0.2, 0) is 10.2 Å². The fraction of sp³-hybridized carbons (Fsp3) is 0. The van der Waals surface area contributed by atoms with Gasteiger partial charge in [-0.05, 0) is 6.07 Å². The summed E-state index contributed by atoms with van der Waals surface area (Å²) in [5.74, 6) is 0. The Kier molecular flexibility index (Phi) is 1.95. The van der Waals surface area contributed by atoms with Crippen LogP contribution in [0, 0.1) is 0 Å². The summed E-state index contributed by atoms with van der Waals surface area (Å²) >= 11 is 0. The summed E-state index contributed by atoms with van der Waals surface area (Å²) in [6, 6.07) is 7.23. The number of rotatable bonds is 1. The lowest BCUT2D eigenvalue weighted by molar-refractivity contribution is 0.590. The van der Waals surface area contributed by atoms with Crippen LogP contribution in [-0.4, -0.2) is 22.4 Å². The number of imidazole rings is 1. The van der Waals surface area contributed by atoms with Crippen molar-refractivity contribution in [3.8, 4) is 0 Å². The molecule has 2 aromatic heterocycles. The van der Waals surface area contributed by atoms with Gasteiger partial charge in [0.25, 0.3) is 0 Å². The van der Waals surface area contributed by atoms with Crippen molar-refractivity contribution in [3.05, 3.63) is 36.8 Å². The van der Waals surface area contributed by atoms with Gasteiger partial charge in [0.15, 0.2) is 0 Å². The molecule has 0 spiro atoms. The van der Waals surface area contributed by atoms with E-state index >= 15 is 0 Å². The molecule has 3 aromatic rings. The number of benzene rings is 1. The lowest BCUT2D eigenvalue weighted by Crippen LogP contribution is -2.20. The Hall–Kier alpha value is -1.99. The number of para-hydroxylation sites is 1. The molecule has 2 N–H and O–H groups in total. The van der Waals surface area contributed by atoms with Gasteiger partial charge in [-0.2, -0.15) is 8.42 Å². The maximum absolute atomic E-state index is 11.4. The Bertz CT molecular complexity index is 823. The standard InChI is InChI=1S/C10H8N4O2S/c11-17(15,16)14-6-13-9-5-12-8-4-2-1-3-7(8)10(9)14/h1-6H,(H2,11,15,16). The van der Waals surface area contributed by atoms with Crippen LogP contribution in [0.2, 0.25) is 0 Å². The first kappa shape index (κ1) is 10.2. The lowest BCUT2D eigenvalue weighted by Gasteiger charge is -2.03. The zero-order valence-corrected chi connectivity index (χ0v) is 9.42. The fourth-order valence-corrected chi connectivity index (χ4v) is 2.43. The molecule has 0 amide bonds. The summed E-state index contributed by atoms with van der Waals surface area (Å²) in [7, 11) is -3.85. The summed E-state index contributed by atoms with van der Waals surface area (Å²) < 4.78 is 23.8. The van der Waals surface area contributed by atoms with Crippen molar-refractivity contribution in [3.63, 3.8) is 0 Å². The second-order valence-electron chi connectivity index (χ2n) is 3.59. The molecule has 0 saturated carbocycles. The van der Waals surface area contributed by atoms with E-state index in [4.69, 9.17) is 5.14 Å². The molecule has 2 heterocycles. The van der Waals surface area contributed by atoms with Gasteiger partial charge in [-0.15, -0.1) is 0 Å². The monoisotopic (exact) mass is 248 g/mol. The van der Waals surface area contributed by atoms with Gasteiger partial charge < -0.3 is 0 Å². The third-order valence-electron chi connectivity index (χ3n) is 2.52. The van der Waals surface area contributed by atoms with E-state index in [1.165, 1.54) is 12.5 Å². The van der Waals surface area contributed by atoms with Crippen molar-refractivity contribution in [1.82, 2.24) is 13.9 Å². The van der Waals surface area contributed by atoms with E-state index < -0.39 is 10.2 Å². The topological polar surface area (TPSA) is 90.9 Å². The van der Waals surface area contributed by atoms with E-state index in [-0.39, 0.29) is 0 Å². The van der Waals surface area contributed by atoms with E-state index in [1.54, 1.807) is 12.1 Å². The maximum atomic E-state index is 11.4. The fourth-order valence-electron chi connectivity index (χ4n) is 1.81. The average molecular weight is 248 g/mol. The van der Waals surface area contributed by atoms with Gasteiger partial charge in [0.2, 0.25) is 0 Å². The van der Waals surface area contributed by atoms with Gasteiger partial charge in [-0.3, -0.25) is 4.98 Å². The first-order chi connectivity index (χ1) is 8.07. The van der Waals surface area contributed by atoms with Crippen molar-refractivity contribution in [2.75, 3.05) is 0 Å². The van der Waals surface area contributed by atoms with Crippen molar-refractivity contribution < 1.29 is 8.42 Å². The highest BCUT2D eigenvalue weighted by Crippen LogP contribution is 2.22. The van der Waals surface area contributed by atoms with Crippen LogP contribution < -0.4 is 5.14 Å². The number of hydrogen-bond donors (Lipinski definition) is 1. The Morgan fingerprint density at radius 1 is 1.12 bits per heavy atom.